The monoisotopic (exact) mass is 152 g/mol. The second-order valence-corrected chi connectivity index (χ2v) is 2.35. The molecule has 0 bridgehead atoms. The molecule has 0 aliphatic carbocycles. The average Bonchev–Trinajstić information content (AvgIpc) is 2.07. The van der Waals surface area contributed by atoms with Crippen molar-refractivity contribution in [2.24, 2.45) is 5.73 Å². The highest BCUT2D eigenvalue weighted by Gasteiger charge is 2.05. The minimum Gasteiger partial charge on any atom is -0.387 e. The molecule has 1 unspecified atom stereocenters. The third-order valence-electron chi connectivity index (χ3n) is 1.47. The molecule has 1 heterocycles. The van der Waals surface area contributed by atoms with E-state index < -0.39 is 6.10 Å². The number of aliphatic hydroxyl groups excluding tert-OH is 1. The second-order valence-electron chi connectivity index (χ2n) is 2.35. The summed E-state index contributed by atoms with van der Waals surface area (Å²) in [5, 5.41) is 9.38. The molecular weight excluding hydrogens is 140 g/mol. The van der Waals surface area contributed by atoms with Gasteiger partial charge in [0.2, 0.25) is 0 Å². The molecule has 1 atom stereocenters. The van der Waals surface area contributed by atoms with Crippen molar-refractivity contribution in [1.82, 2.24) is 4.98 Å². The first kappa shape index (κ1) is 8.17. The van der Waals surface area contributed by atoms with E-state index in [1.54, 1.807) is 12.3 Å². The first-order valence-electron chi connectivity index (χ1n) is 3.63. The Morgan fingerprint density at radius 3 is 2.91 bits per heavy atom. The maximum absolute atomic E-state index is 9.38. The predicted octanol–water partition coefficient (Wildman–Crippen LogP) is 0.464. The van der Waals surface area contributed by atoms with E-state index in [1.807, 2.05) is 12.1 Å². The number of pyridine rings is 1. The standard InChI is InChI=1S/C8H12N2O/c9-5-4-8(11)7-3-1-2-6-10-7/h1-3,6,8,11H,4-5,9H2. The Kier molecular flexibility index (Phi) is 3.01. The number of nitrogens with two attached hydrogens (primary N) is 1. The summed E-state index contributed by atoms with van der Waals surface area (Å²) in [4.78, 5) is 3.99. The zero-order chi connectivity index (χ0) is 8.10. The summed E-state index contributed by atoms with van der Waals surface area (Å²) >= 11 is 0. The van der Waals surface area contributed by atoms with Crippen LogP contribution in [0.4, 0.5) is 0 Å². The topological polar surface area (TPSA) is 59.1 Å². The zero-order valence-electron chi connectivity index (χ0n) is 6.27. The van der Waals surface area contributed by atoms with E-state index >= 15 is 0 Å². The molecule has 0 radical (unpaired) electrons. The third kappa shape index (κ3) is 2.29. The highest BCUT2D eigenvalue weighted by Crippen LogP contribution is 2.11. The number of aliphatic hydroxyl groups is 1. The molecule has 3 heteroatoms. The molecule has 0 fully saturated rings. The van der Waals surface area contributed by atoms with Crippen molar-refractivity contribution in [2.75, 3.05) is 6.54 Å². The van der Waals surface area contributed by atoms with Crippen molar-refractivity contribution in [3.63, 3.8) is 0 Å². The fraction of sp³-hybridized carbons (Fsp3) is 0.375. The lowest BCUT2D eigenvalue weighted by Crippen LogP contribution is -2.07. The molecule has 11 heavy (non-hydrogen) atoms. The molecule has 1 aromatic heterocycles. The Bertz CT molecular complexity index is 201. The molecule has 0 aromatic carbocycles. The van der Waals surface area contributed by atoms with Crippen molar-refractivity contribution >= 4 is 0 Å². The van der Waals surface area contributed by atoms with Gasteiger partial charge in [-0.3, -0.25) is 4.98 Å². The van der Waals surface area contributed by atoms with Crippen LogP contribution < -0.4 is 5.73 Å². The van der Waals surface area contributed by atoms with Crippen LogP contribution in [0.3, 0.4) is 0 Å². The van der Waals surface area contributed by atoms with Gasteiger partial charge in [-0.1, -0.05) is 6.07 Å². The third-order valence-corrected chi connectivity index (χ3v) is 1.47. The largest absolute Gasteiger partial charge is 0.387 e. The lowest BCUT2D eigenvalue weighted by atomic mass is 10.2. The highest BCUT2D eigenvalue weighted by molar-refractivity contribution is 5.06. The predicted molar refractivity (Wildman–Crippen MR) is 42.9 cm³/mol. The van der Waals surface area contributed by atoms with E-state index in [1.165, 1.54) is 0 Å². The van der Waals surface area contributed by atoms with E-state index in [4.69, 9.17) is 5.73 Å². The van der Waals surface area contributed by atoms with Gasteiger partial charge in [0, 0.05) is 6.20 Å². The van der Waals surface area contributed by atoms with E-state index in [9.17, 15) is 5.11 Å². The first-order valence-corrected chi connectivity index (χ1v) is 3.63. The summed E-state index contributed by atoms with van der Waals surface area (Å²) in [6, 6.07) is 5.46. The van der Waals surface area contributed by atoms with Gasteiger partial charge in [-0.05, 0) is 25.1 Å². The zero-order valence-corrected chi connectivity index (χ0v) is 6.27. The normalized spacial score (nSPS) is 12.9. The van der Waals surface area contributed by atoms with Crippen LogP contribution in [-0.2, 0) is 0 Å². The Morgan fingerprint density at radius 2 is 2.36 bits per heavy atom. The van der Waals surface area contributed by atoms with Crippen LogP contribution >= 0.6 is 0 Å². The summed E-state index contributed by atoms with van der Waals surface area (Å²) in [6.07, 6.45) is 1.72. The van der Waals surface area contributed by atoms with E-state index in [-0.39, 0.29) is 0 Å². The highest BCUT2D eigenvalue weighted by atomic mass is 16.3. The summed E-state index contributed by atoms with van der Waals surface area (Å²) in [5.41, 5.74) is 5.97. The van der Waals surface area contributed by atoms with Gasteiger partial charge in [0.15, 0.2) is 0 Å². The van der Waals surface area contributed by atoms with E-state index in [2.05, 4.69) is 4.98 Å². The van der Waals surface area contributed by atoms with Crippen molar-refractivity contribution in [1.29, 1.82) is 0 Å². The molecule has 0 spiro atoms. The molecule has 3 nitrogen and oxygen atoms in total. The SMILES string of the molecule is NCCC(O)c1ccccn1. The number of rotatable bonds is 3. The van der Waals surface area contributed by atoms with E-state index in [0.717, 1.165) is 0 Å². The molecule has 0 saturated heterocycles. The fourth-order valence-corrected chi connectivity index (χ4v) is 0.879. The smallest absolute Gasteiger partial charge is 0.0971 e. The fourth-order valence-electron chi connectivity index (χ4n) is 0.879. The van der Waals surface area contributed by atoms with Crippen molar-refractivity contribution < 1.29 is 5.11 Å². The van der Waals surface area contributed by atoms with Gasteiger partial charge in [-0.15, -0.1) is 0 Å². The molecule has 1 aromatic rings. The quantitative estimate of drug-likeness (QED) is 0.661. The molecule has 1 rings (SSSR count). The maximum atomic E-state index is 9.38. The molecular formula is C8H12N2O. The van der Waals surface area contributed by atoms with Gasteiger partial charge in [0.05, 0.1) is 11.8 Å². The molecule has 0 amide bonds. The van der Waals surface area contributed by atoms with Crippen LogP contribution in [0.5, 0.6) is 0 Å². The molecule has 0 aliphatic heterocycles. The molecule has 0 saturated carbocycles. The minimum absolute atomic E-state index is 0.484. The van der Waals surface area contributed by atoms with Gasteiger partial charge < -0.3 is 10.8 Å². The van der Waals surface area contributed by atoms with Crippen LogP contribution in [0.1, 0.15) is 18.2 Å². The van der Waals surface area contributed by atoms with Crippen LogP contribution in [0, 0.1) is 0 Å². The van der Waals surface area contributed by atoms with Gasteiger partial charge >= 0.3 is 0 Å². The maximum Gasteiger partial charge on any atom is 0.0971 e. The summed E-state index contributed by atoms with van der Waals surface area (Å²) in [5.74, 6) is 0. The van der Waals surface area contributed by atoms with Gasteiger partial charge in [0.25, 0.3) is 0 Å². The van der Waals surface area contributed by atoms with Crippen LogP contribution in [-0.4, -0.2) is 16.6 Å². The molecule has 3 N–H and O–H groups in total. The molecule has 60 valence electrons. The number of hydrogen-bond acceptors (Lipinski definition) is 3. The lowest BCUT2D eigenvalue weighted by Gasteiger charge is -2.06. The minimum atomic E-state index is -0.513. The van der Waals surface area contributed by atoms with Crippen molar-refractivity contribution in [3.8, 4) is 0 Å². The van der Waals surface area contributed by atoms with Gasteiger partial charge in [-0.2, -0.15) is 0 Å². The summed E-state index contributed by atoms with van der Waals surface area (Å²) in [6.45, 7) is 0.484. The molecule has 0 aliphatic rings. The van der Waals surface area contributed by atoms with Gasteiger partial charge in [0.1, 0.15) is 0 Å². The number of hydrogen-bond donors (Lipinski definition) is 2. The lowest BCUT2D eigenvalue weighted by molar-refractivity contribution is 0.165. The second kappa shape index (κ2) is 4.05. The van der Waals surface area contributed by atoms with Crippen molar-refractivity contribution in [2.45, 2.75) is 12.5 Å². The summed E-state index contributed by atoms with van der Waals surface area (Å²) < 4.78 is 0. The summed E-state index contributed by atoms with van der Waals surface area (Å²) in [7, 11) is 0. The Hall–Kier alpha value is -0.930. The van der Waals surface area contributed by atoms with Crippen molar-refractivity contribution in [3.05, 3.63) is 30.1 Å². The van der Waals surface area contributed by atoms with Gasteiger partial charge in [-0.25, -0.2) is 0 Å². The van der Waals surface area contributed by atoms with Crippen LogP contribution in [0.2, 0.25) is 0 Å². The van der Waals surface area contributed by atoms with Crippen LogP contribution in [0.15, 0.2) is 24.4 Å². The first-order chi connectivity index (χ1) is 5.34. The Labute approximate surface area is 65.9 Å². The van der Waals surface area contributed by atoms with Crippen LogP contribution in [0.25, 0.3) is 0 Å². The number of aromatic nitrogens is 1. The average molecular weight is 152 g/mol. The number of nitrogens with zero attached hydrogens (tertiary/aromatic N) is 1. The Balaban J connectivity index is 2.61. The Morgan fingerprint density at radius 1 is 1.55 bits per heavy atom. The van der Waals surface area contributed by atoms with E-state index in [0.29, 0.717) is 18.7 Å².